The Morgan fingerprint density at radius 1 is 1.06 bits per heavy atom. The molecule has 0 aliphatic carbocycles. The Morgan fingerprint density at radius 3 is 2.39 bits per heavy atom. The summed E-state index contributed by atoms with van der Waals surface area (Å²) in [5.74, 6) is -0.0635. The lowest BCUT2D eigenvalue weighted by Crippen LogP contribution is -2.25. The quantitative estimate of drug-likeness (QED) is 0.127. The molecule has 0 aromatic heterocycles. The Kier molecular flexibility index (Phi) is 9.69. The van der Waals surface area contributed by atoms with Gasteiger partial charge in [-0.25, -0.2) is 4.39 Å². The van der Waals surface area contributed by atoms with E-state index >= 15 is 0 Å². The molecule has 3 aromatic rings. The minimum absolute atomic E-state index is 0.0429. The molecule has 0 bridgehead atoms. The summed E-state index contributed by atoms with van der Waals surface area (Å²) in [6.07, 6.45) is 3.22. The van der Waals surface area contributed by atoms with Crippen molar-refractivity contribution in [1.29, 1.82) is 5.26 Å². The molecule has 0 fully saturated rings. The molecule has 0 radical (unpaired) electrons. The molecular formula is C26H21FI2N2O2. The molecule has 0 saturated heterocycles. The topological polar surface area (TPSA) is 62.1 Å². The molecule has 1 N–H and O–H groups in total. The van der Waals surface area contributed by atoms with E-state index in [0.29, 0.717) is 17.9 Å². The Hall–Kier alpha value is -2.45. The Balaban J connectivity index is 1.62. The van der Waals surface area contributed by atoms with Crippen LogP contribution in [0.25, 0.3) is 6.08 Å². The summed E-state index contributed by atoms with van der Waals surface area (Å²) >= 11 is 4.27. The van der Waals surface area contributed by atoms with Gasteiger partial charge in [-0.1, -0.05) is 48.5 Å². The highest BCUT2D eigenvalue weighted by Crippen LogP contribution is 2.30. The zero-order chi connectivity index (χ0) is 23.6. The summed E-state index contributed by atoms with van der Waals surface area (Å²) in [6, 6.07) is 22.2. The van der Waals surface area contributed by atoms with E-state index < -0.39 is 5.91 Å². The van der Waals surface area contributed by atoms with Crippen molar-refractivity contribution in [1.82, 2.24) is 5.32 Å². The number of rotatable bonds is 9. The number of carbonyl (C=O) groups is 1. The fraction of sp³-hybridized carbons (Fsp3) is 0.154. The lowest BCUT2D eigenvalue weighted by molar-refractivity contribution is -0.117. The number of nitrogens with zero attached hydrogens (tertiary/aromatic N) is 1. The van der Waals surface area contributed by atoms with Gasteiger partial charge in [0.1, 0.15) is 29.8 Å². The minimum Gasteiger partial charge on any atom is -0.487 e. The van der Waals surface area contributed by atoms with Gasteiger partial charge >= 0.3 is 0 Å². The van der Waals surface area contributed by atoms with Crippen molar-refractivity contribution in [2.75, 3.05) is 6.54 Å². The predicted octanol–water partition coefficient (Wildman–Crippen LogP) is 6.27. The van der Waals surface area contributed by atoms with E-state index in [1.165, 1.54) is 11.6 Å². The van der Waals surface area contributed by atoms with Gasteiger partial charge in [0.05, 0.1) is 7.14 Å². The smallest absolute Gasteiger partial charge is 0.261 e. The van der Waals surface area contributed by atoms with Gasteiger partial charge in [0.2, 0.25) is 0 Å². The third kappa shape index (κ3) is 7.54. The van der Waals surface area contributed by atoms with Gasteiger partial charge in [0, 0.05) is 12.1 Å². The van der Waals surface area contributed by atoms with Gasteiger partial charge in [-0.3, -0.25) is 4.79 Å². The molecule has 0 aliphatic heterocycles. The molecule has 0 atom stereocenters. The number of amides is 1. The highest BCUT2D eigenvalue weighted by atomic mass is 127. The molecule has 3 rings (SSSR count). The monoisotopic (exact) mass is 666 g/mol. The number of hydrogen-bond acceptors (Lipinski definition) is 3. The molecule has 33 heavy (non-hydrogen) atoms. The minimum atomic E-state index is -0.393. The maximum atomic E-state index is 13.9. The van der Waals surface area contributed by atoms with E-state index in [-0.39, 0.29) is 18.0 Å². The number of halogens is 3. The van der Waals surface area contributed by atoms with Gasteiger partial charge < -0.3 is 10.1 Å². The van der Waals surface area contributed by atoms with Crippen LogP contribution in [-0.2, 0) is 17.8 Å². The summed E-state index contributed by atoms with van der Waals surface area (Å²) in [6.45, 7) is 0.604. The van der Waals surface area contributed by atoms with Crippen LogP contribution in [-0.4, -0.2) is 12.5 Å². The number of aryl methyl sites for hydroxylation is 1. The molecule has 4 nitrogen and oxygen atoms in total. The SMILES string of the molecule is N#C/C(=C/c1cc(I)c(OCc2ccccc2F)c(I)c1)C(=O)NCCCc1ccccc1. The number of nitriles is 1. The average Bonchev–Trinajstić information content (AvgIpc) is 2.81. The van der Waals surface area contributed by atoms with Crippen molar-refractivity contribution >= 4 is 57.2 Å². The standard InChI is InChI=1S/C26H21FI2N2O2/c27-22-11-5-4-10-20(22)17-33-25-23(28)14-19(15-24(25)29)13-21(16-30)26(32)31-12-6-9-18-7-2-1-3-8-18/h1-5,7-8,10-11,13-15H,6,9,12,17H2,(H,31,32)/b21-13-. The fourth-order valence-electron chi connectivity index (χ4n) is 3.12. The van der Waals surface area contributed by atoms with Crippen molar-refractivity contribution in [2.45, 2.75) is 19.4 Å². The first-order chi connectivity index (χ1) is 16.0. The van der Waals surface area contributed by atoms with Gasteiger partial charge in [-0.2, -0.15) is 5.26 Å². The Labute approximate surface area is 220 Å². The molecule has 3 aromatic carbocycles. The third-order valence-electron chi connectivity index (χ3n) is 4.80. The molecule has 0 spiro atoms. The molecular weight excluding hydrogens is 645 g/mol. The maximum Gasteiger partial charge on any atom is 0.261 e. The van der Waals surface area contributed by atoms with Gasteiger partial charge in [0.25, 0.3) is 5.91 Å². The van der Waals surface area contributed by atoms with Crippen LogP contribution in [0.2, 0.25) is 0 Å². The molecule has 0 aliphatic rings. The zero-order valence-corrected chi connectivity index (χ0v) is 22.0. The second-order valence-corrected chi connectivity index (χ2v) is 9.53. The fourth-order valence-corrected chi connectivity index (χ4v) is 5.24. The number of nitrogens with one attached hydrogen (secondary N) is 1. The molecule has 0 unspecified atom stereocenters. The normalized spacial score (nSPS) is 11.0. The van der Waals surface area contributed by atoms with Gasteiger partial charge in [-0.15, -0.1) is 0 Å². The Bertz CT molecular complexity index is 1170. The Morgan fingerprint density at radius 2 is 1.73 bits per heavy atom. The van der Waals surface area contributed by atoms with Crippen molar-refractivity contribution in [2.24, 2.45) is 0 Å². The molecule has 0 heterocycles. The second kappa shape index (κ2) is 12.7. The van der Waals surface area contributed by atoms with Gasteiger partial charge in [-0.05, 0) is 93.4 Å². The number of hydrogen-bond donors (Lipinski definition) is 1. The highest BCUT2D eigenvalue weighted by Gasteiger charge is 2.13. The number of benzene rings is 3. The molecule has 0 saturated carbocycles. The highest BCUT2D eigenvalue weighted by molar-refractivity contribution is 14.1. The van der Waals surface area contributed by atoms with Gasteiger partial charge in [0.15, 0.2) is 0 Å². The summed E-state index contributed by atoms with van der Waals surface area (Å²) in [5, 5.41) is 12.3. The largest absolute Gasteiger partial charge is 0.487 e. The van der Waals surface area contributed by atoms with Crippen LogP contribution in [0.15, 0.2) is 72.3 Å². The van der Waals surface area contributed by atoms with Crippen LogP contribution in [0.5, 0.6) is 5.75 Å². The molecule has 7 heteroatoms. The van der Waals surface area contributed by atoms with E-state index in [0.717, 1.165) is 25.5 Å². The van der Waals surface area contributed by atoms with E-state index in [9.17, 15) is 14.4 Å². The van der Waals surface area contributed by atoms with Crippen LogP contribution in [0, 0.1) is 24.3 Å². The maximum absolute atomic E-state index is 13.9. The summed E-state index contributed by atoms with van der Waals surface area (Å²) in [5.41, 5.74) is 2.45. The summed E-state index contributed by atoms with van der Waals surface area (Å²) < 4.78 is 21.3. The second-order valence-electron chi connectivity index (χ2n) is 7.21. The van der Waals surface area contributed by atoms with Crippen molar-refractivity contribution in [3.8, 4) is 11.8 Å². The number of ether oxygens (including phenoxy) is 1. The predicted molar refractivity (Wildman–Crippen MR) is 144 cm³/mol. The van der Waals surface area contributed by atoms with Crippen LogP contribution in [0.4, 0.5) is 4.39 Å². The van der Waals surface area contributed by atoms with Crippen LogP contribution < -0.4 is 10.1 Å². The lowest BCUT2D eigenvalue weighted by atomic mass is 10.1. The van der Waals surface area contributed by atoms with E-state index in [2.05, 4.69) is 62.6 Å². The van der Waals surface area contributed by atoms with Crippen molar-refractivity contribution in [3.05, 3.63) is 102 Å². The third-order valence-corrected chi connectivity index (χ3v) is 6.40. The molecule has 168 valence electrons. The average molecular weight is 666 g/mol. The van der Waals surface area contributed by atoms with E-state index in [1.54, 1.807) is 24.3 Å². The first-order valence-corrected chi connectivity index (χ1v) is 12.4. The van der Waals surface area contributed by atoms with Crippen LogP contribution in [0.3, 0.4) is 0 Å². The number of carbonyl (C=O) groups excluding carboxylic acids is 1. The lowest BCUT2D eigenvalue weighted by Gasteiger charge is -2.12. The zero-order valence-electron chi connectivity index (χ0n) is 17.7. The van der Waals surface area contributed by atoms with Crippen molar-refractivity contribution < 1.29 is 13.9 Å². The summed E-state index contributed by atoms with van der Waals surface area (Å²) in [7, 11) is 0. The van der Waals surface area contributed by atoms with E-state index in [1.807, 2.05) is 36.4 Å². The van der Waals surface area contributed by atoms with Crippen molar-refractivity contribution in [3.63, 3.8) is 0 Å². The molecule has 1 amide bonds. The van der Waals surface area contributed by atoms with Crippen LogP contribution in [0.1, 0.15) is 23.1 Å². The first kappa shape index (κ1) is 25.2. The van der Waals surface area contributed by atoms with Crippen LogP contribution >= 0.6 is 45.2 Å². The summed E-state index contributed by atoms with van der Waals surface area (Å²) in [4.78, 5) is 12.5. The van der Waals surface area contributed by atoms with E-state index in [4.69, 9.17) is 4.74 Å². The first-order valence-electron chi connectivity index (χ1n) is 10.3.